The maximum atomic E-state index is 14.4. The van der Waals surface area contributed by atoms with Crippen LogP contribution in [0.3, 0.4) is 0 Å². The highest BCUT2D eigenvalue weighted by molar-refractivity contribution is 6.05. The zero-order chi connectivity index (χ0) is 26.5. The Bertz CT molecular complexity index is 1300. The van der Waals surface area contributed by atoms with E-state index in [4.69, 9.17) is 4.74 Å². The Labute approximate surface area is 222 Å². The van der Waals surface area contributed by atoms with Crippen molar-refractivity contribution in [3.63, 3.8) is 0 Å². The maximum absolute atomic E-state index is 14.4. The average molecular weight is 520 g/mol. The van der Waals surface area contributed by atoms with Gasteiger partial charge in [0, 0.05) is 42.1 Å². The van der Waals surface area contributed by atoms with E-state index in [0.717, 1.165) is 24.0 Å². The summed E-state index contributed by atoms with van der Waals surface area (Å²) in [5.41, 5.74) is 4.21. The fraction of sp³-hybridized carbons (Fsp3) is 0.414. The number of anilines is 2. The van der Waals surface area contributed by atoms with Gasteiger partial charge >= 0.3 is 0 Å². The van der Waals surface area contributed by atoms with Crippen LogP contribution >= 0.6 is 0 Å². The first kappa shape index (κ1) is 25.9. The standard InChI is InChI=1S/C29H34FN5O3/c1-19-7-8-23(32-28(36)21-13-22(30)15-24(14-21)35-9-11-38-12-10-35)16-25(19)26-17-27(34-33-26)29(37)31-18-20-5-3-2-4-6-20/h7-8,13-17,20H,2-6,9-12,18H2,1H3,(H,31,37)(H,32,36)(H,33,34). The van der Waals surface area contributed by atoms with E-state index < -0.39 is 11.7 Å². The Hall–Kier alpha value is -3.72. The Kier molecular flexibility index (Phi) is 8.03. The highest BCUT2D eigenvalue weighted by atomic mass is 19.1. The van der Waals surface area contributed by atoms with E-state index in [1.807, 2.05) is 24.0 Å². The molecule has 9 heteroatoms. The number of aromatic amines is 1. The molecule has 2 aromatic carbocycles. The van der Waals surface area contributed by atoms with Crippen molar-refractivity contribution in [3.8, 4) is 11.3 Å². The quantitative estimate of drug-likeness (QED) is 0.411. The first-order chi connectivity index (χ1) is 18.5. The lowest BCUT2D eigenvalue weighted by Gasteiger charge is -2.29. The Morgan fingerprint density at radius 3 is 2.63 bits per heavy atom. The summed E-state index contributed by atoms with van der Waals surface area (Å²) in [6, 6.07) is 11.6. The van der Waals surface area contributed by atoms with Gasteiger partial charge in [0.1, 0.15) is 11.5 Å². The number of ether oxygens (including phenoxy) is 1. The van der Waals surface area contributed by atoms with Crippen molar-refractivity contribution in [1.29, 1.82) is 0 Å². The van der Waals surface area contributed by atoms with Crippen LogP contribution in [0.2, 0.25) is 0 Å². The number of benzene rings is 2. The van der Waals surface area contributed by atoms with Crippen molar-refractivity contribution in [1.82, 2.24) is 15.5 Å². The second-order valence-corrected chi connectivity index (χ2v) is 10.2. The van der Waals surface area contributed by atoms with Crippen molar-refractivity contribution in [2.75, 3.05) is 43.1 Å². The van der Waals surface area contributed by atoms with Crippen LogP contribution in [-0.4, -0.2) is 54.9 Å². The Morgan fingerprint density at radius 1 is 1.05 bits per heavy atom. The number of amides is 2. The van der Waals surface area contributed by atoms with E-state index in [9.17, 15) is 14.0 Å². The Morgan fingerprint density at radius 2 is 1.84 bits per heavy atom. The van der Waals surface area contributed by atoms with E-state index in [2.05, 4.69) is 20.8 Å². The maximum Gasteiger partial charge on any atom is 0.269 e. The van der Waals surface area contributed by atoms with Gasteiger partial charge in [0.15, 0.2) is 0 Å². The minimum absolute atomic E-state index is 0.168. The van der Waals surface area contributed by atoms with Crippen LogP contribution in [0.5, 0.6) is 0 Å². The van der Waals surface area contributed by atoms with Crippen molar-refractivity contribution in [2.45, 2.75) is 39.0 Å². The van der Waals surface area contributed by atoms with Gasteiger partial charge in [0.2, 0.25) is 0 Å². The number of halogens is 1. The molecule has 0 radical (unpaired) electrons. The molecule has 2 fully saturated rings. The second-order valence-electron chi connectivity index (χ2n) is 10.2. The number of nitrogens with zero attached hydrogens (tertiary/aromatic N) is 2. The molecule has 5 rings (SSSR count). The molecule has 1 saturated carbocycles. The summed E-state index contributed by atoms with van der Waals surface area (Å²) >= 11 is 0. The summed E-state index contributed by atoms with van der Waals surface area (Å²) in [6.07, 6.45) is 6.07. The summed E-state index contributed by atoms with van der Waals surface area (Å²) in [6.45, 7) is 5.06. The summed E-state index contributed by atoms with van der Waals surface area (Å²) < 4.78 is 19.7. The topological polar surface area (TPSA) is 99.4 Å². The number of hydrogen-bond donors (Lipinski definition) is 3. The van der Waals surface area contributed by atoms with Gasteiger partial charge in [-0.15, -0.1) is 0 Å². The molecule has 1 aliphatic heterocycles. The molecule has 2 heterocycles. The van der Waals surface area contributed by atoms with Gasteiger partial charge in [-0.3, -0.25) is 14.7 Å². The summed E-state index contributed by atoms with van der Waals surface area (Å²) in [7, 11) is 0. The fourth-order valence-electron chi connectivity index (χ4n) is 5.19. The normalized spacial score (nSPS) is 16.3. The minimum atomic E-state index is -0.463. The molecule has 8 nitrogen and oxygen atoms in total. The molecule has 0 spiro atoms. The van der Waals surface area contributed by atoms with Crippen LogP contribution in [0.4, 0.5) is 15.8 Å². The zero-order valence-corrected chi connectivity index (χ0v) is 21.7. The van der Waals surface area contributed by atoms with E-state index in [1.165, 1.54) is 31.4 Å². The van der Waals surface area contributed by atoms with Crippen molar-refractivity contribution >= 4 is 23.2 Å². The van der Waals surface area contributed by atoms with Gasteiger partial charge in [0.05, 0.1) is 18.9 Å². The number of carbonyl (C=O) groups excluding carboxylic acids is 2. The molecule has 3 aromatic rings. The molecular formula is C29H34FN5O3. The van der Waals surface area contributed by atoms with Crippen LogP contribution < -0.4 is 15.5 Å². The average Bonchev–Trinajstić information content (AvgIpc) is 3.44. The van der Waals surface area contributed by atoms with Crippen molar-refractivity contribution < 1.29 is 18.7 Å². The first-order valence-corrected chi connectivity index (χ1v) is 13.4. The molecule has 1 aliphatic carbocycles. The van der Waals surface area contributed by atoms with Crippen LogP contribution in [-0.2, 0) is 4.74 Å². The predicted octanol–water partition coefficient (Wildman–Crippen LogP) is 4.92. The summed E-state index contributed by atoms with van der Waals surface area (Å²) in [5.74, 6) is -0.493. The third kappa shape index (κ3) is 6.22. The highest BCUT2D eigenvalue weighted by Gasteiger charge is 2.18. The van der Waals surface area contributed by atoms with Gasteiger partial charge in [0.25, 0.3) is 11.8 Å². The molecule has 1 aromatic heterocycles. The molecule has 2 amide bonds. The largest absolute Gasteiger partial charge is 0.378 e. The molecule has 0 atom stereocenters. The summed E-state index contributed by atoms with van der Waals surface area (Å²) in [5, 5.41) is 13.1. The van der Waals surface area contributed by atoms with Crippen LogP contribution in [0.25, 0.3) is 11.3 Å². The van der Waals surface area contributed by atoms with E-state index in [0.29, 0.717) is 61.5 Å². The Balaban J connectivity index is 1.27. The van der Waals surface area contributed by atoms with E-state index >= 15 is 0 Å². The lowest BCUT2D eigenvalue weighted by molar-refractivity contribution is 0.0937. The summed E-state index contributed by atoms with van der Waals surface area (Å²) in [4.78, 5) is 27.7. The third-order valence-corrected chi connectivity index (χ3v) is 7.39. The highest BCUT2D eigenvalue weighted by Crippen LogP contribution is 2.27. The smallest absolute Gasteiger partial charge is 0.269 e. The monoisotopic (exact) mass is 519 g/mol. The first-order valence-electron chi connectivity index (χ1n) is 13.4. The van der Waals surface area contributed by atoms with E-state index in [-0.39, 0.29) is 11.5 Å². The molecule has 2 aliphatic rings. The third-order valence-electron chi connectivity index (χ3n) is 7.39. The predicted molar refractivity (Wildman–Crippen MR) is 145 cm³/mol. The van der Waals surface area contributed by atoms with Crippen molar-refractivity contribution in [2.24, 2.45) is 5.92 Å². The number of aryl methyl sites for hydroxylation is 1. The van der Waals surface area contributed by atoms with Gasteiger partial charge in [-0.2, -0.15) is 5.10 Å². The number of H-pyrrole nitrogens is 1. The molecule has 1 saturated heterocycles. The molecule has 3 N–H and O–H groups in total. The van der Waals surface area contributed by atoms with Crippen LogP contribution in [0.1, 0.15) is 58.5 Å². The van der Waals surface area contributed by atoms with Crippen molar-refractivity contribution in [3.05, 3.63) is 65.1 Å². The molecule has 200 valence electrons. The van der Waals surface area contributed by atoms with Gasteiger partial charge < -0.3 is 20.3 Å². The number of carbonyl (C=O) groups is 2. The lowest BCUT2D eigenvalue weighted by atomic mass is 9.89. The SMILES string of the molecule is Cc1ccc(NC(=O)c2cc(F)cc(N3CCOCC3)c2)cc1-c1cc(C(=O)NCC2CCCCC2)[nH]n1. The lowest BCUT2D eigenvalue weighted by Crippen LogP contribution is -2.36. The molecule has 38 heavy (non-hydrogen) atoms. The minimum Gasteiger partial charge on any atom is -0.378 e. The number of aromatic nitrogens is 2. The number of nitrogens with one attached hydrogen (secondary N) is 3. The second kappa shape index (κ2) is 11.8. The number of rotatable bonds is 7. The molecular weight excluding hydrogens is 485 g/mol. The zero-order valence-electron chi connectivity index (χ0n) is 21.7. The van der Waals surface area contributed by atoms with E-state index in [1.54, 1.807) is 18.2 Å². The van der Waals surface area contributed by atoms with Gasteiger partial charge in [-0.05, 0) is 67.6 Å². The van der Waals surface area contributed by atoms with Gasteiger partial charge in [-0.1, -0.05) is 25.3 Å². The fourth-order valence-corrected chi connectivity index (χ4v) is 5.19. The van der Waals surface area contributed by atoms with Crippen LogP contribution in [0, 0.1) is 18.7 Å². The van der Waals surface area contributed by atoms with Gasteiger partial charge in [-0.25, -0.2) is 4.39 Å². The molecule has 0 unspecified atom stereocenters. The van der Waals surface area contributed by atoms with Crippen LogP contribution in [0.15, 0.2) is 42.5 Å². The number of hydrogen-bond acceptors (Lipinski definition) is 5. The molecule has 0 bridgehead atoms. The number of morpholine rings is 1.